The first kappa shape index (κ1) is 25.2. The van der Waals surface area contributed by atoms with Crippen LogP contribution in [0, 0.1) is 37.3 Å². The van der Waals surface area contributed by atoms with E-state index in [-0.39, 0.29) is 23.2 Å². The van der Waals surface area contributed by atoms with Gasteiger partial charge in [-0.3, -0.25) is 0 Å². The normalized spacial score (nSPS) is 15.1. The zero-order chi connectivity index (χ0) is 26.3. The predicted octanol–water partition coefficient (Wildman–Crippen LogP) is 7.43. The van der Waals surface area contributed by atoms with Gasteiger partial charge in [0.2, 0.25) is 5.95 Å². The van der Waals surface area contributed by atoms with Crippen LogP contribution in [-0.4, -0.2) is 24.5 Å². The molecule has 0 bridgehead atoms. The molecule has 37 heavy (non-hydrogen) atoms. The maximum absolute atomic E-state index is 15.0. The highest BCUT2D eigenvalue weighted by atomic mass is 19.1. The number of halogens is 2. The summed E-state index contributed by atoms with van der Waals surface area (Å²) in [5.41, 5.74) is 3.43. The third-order valence-corrected chi connectivity index (χ3v) is 7.36. The SMILES string of the molecule is Cc1nc(Nc2ncc(F)c(-c3cc(F)c4nc(C)n(C(C)C)c4c3)n2)ccc1CC1CC[C-](C)CC1. The Bertz CT molecular complexity index is 1440. The number of rotatable bonds is 6. The summed E-state index contributed by atoms with van der Waals surface area (Å²) in [6, 6.07) is 7.08. The van der Waals surface area contributed by atoms with Gasteiger partial charge in [-0.1, -0.05) is 18.9 Å². The van der Waals surface area contributed by atoms with E-state index in [1.807, 2.05) is 38.3 Å². The van der Waals surface area contributed by atoms with Crippen LogP contribution in [0.4, 0.5) is 20.5 Å². The molecule has 0 aliphatic heterocycles. The van der Waals surface area contributed by atoms with Crippen LogP contribution >= 0.6 is 0 Å². The van der Waals surface area contributed by atoms with Crippen molar-refractivity contribution >= 4 is 22.8 Å². The van der Waals surface area contributed by atoms with Crippen molar-refractivity contribution in [3.8, 4) is 11.3 Å². The summed E-state index contributed by atoms with van der Waals surface area (Å²) in [5.74, 6) is 2.64. The fourth-order valence-electron chi connectivity index (χ4n) is 5.36. The Morgan fingerprint density at radius 2 is 1.81 bits per heavy atom. The van der Waals surface area contributed by atoms with Crippen LogP contribution in [-0.2, 0) is 6.42 Å². The monoisotopic (exact) mass is 503 g/mol. The topological polar surface area (TPSA) is 68.5 Å². The van der Waals surface area contributed by atoms with Crippen LogP contribution in [0.5, 0.6) is 0 Å². The van der Waals surface area contributed by atoms with Crippen LogP contribution in [0.1, 0.15) is 69.6 Å². The number of imidazole rings is 1. The van der Waals surface area contributed by atoms with Gasteiger partial charge in [0, 0.05) is 17.3 Å². The first-order valence-electron chi connectivity index (χ1n) is 13.0. The molecule has 1 N–H and O–H groups in total. The molecule has 1 aliphatic carbocycles. The van der Waals surface area contributed by atoms with Crippen LogP contribution in [0.25, 0.3) is 22.3 Å². The van der Waals surface area contributed by atoms with Gasteiger partial charge in [-0.25, -0.2) is 28.7 Å². The van der Waals surface area contributed by atoms with E-state index in [0.717, 1.165) is 18.3 Å². The Balaban J connectivity index is 1.40. The number of fused-ring (bicyclic) bond motifs is 1. The minimum atomic E-state index is -0.629. The first-order chi connectivity index (χ1) is 17.7. The smallest absolute Gasteiger partial charge is 0.229 e. The molecule has 1 fully saturated rings. The second kappa shape index (κ2) is 10.1. The maximum Gasteiger partial charge on any atom is 0.229 e. The lowest BCUT2D eigenvalue weighted by Gasteiger charge is -2.35. The highest BCUT2D eigenvalue weighted by molar-refractivity contribution is 5.83. The third kappa shape index (κ3) is 5.20. The van der Waals surface area contributed by atoms with Crippen molar-refractivity contribution in [2.24, 2.45) is 5.92 Å². The van der Waals surface area contributed by atoms with E-state index < -0.39 is 11.6 Å². The summed E-state index contributed by atoms with van der Waals surface area (Å²) in [5, 5.41) is 3.09. The van der Waals surface area contributed by atoms with E-state index in [1.54, 1.807) is 12.0 Å². The minimum absolute atomic E-state index is 0.0187. The van der Waals surface area contributed by atoms with Gasteiger partial charge in [0.15, 0.2) is 11.6 Å². The molecule has 5 rings (SSSR count). The van der Waals surface area contributed by atoms with E-state index in [4.69, 9.17) is 4.98 Å². The average Bonchev–Trinajstić information content (AvgIpc) is 3.20. The number of aromatic nitrogens is 5. The predicted molar refractivity (Wildman–Crippen MR) is 143 cm³/mol. The molecule has 6 nitrogen and oxygen atoms in total. The lowest BCUT2D eigenvalue weighted by molar-refractivity contribution is 0.377. The standard InChI is InChI=1S/C29H33F2N6/c1-16(2)37-19(5)34-28-23(30)13-22(14-25(28)37)27-24(31)15-32-29(36-27)35-26-11-10-21(18(4)33-26)12-20-8-6-17(3)7-9-20/h10-11,13-16,20H,6-9,12H2,1-5H3,(H,32,33,35,36)/q-1. The molecule has 194 valence electrons. The summed E-state index contributed by atoms with van der Waals surface area (Å²) in [4.78, 5) is 17.5. The highest BCUT2D eigenvalue weighted by Gasteiger charge is 2.19. The van der Waals surface area contributed by atoms with Gasteiger partial charge >= 0.3 is 0 Å². The molecule has 1 aromatic carbocycles. The van der Waals surface area contributed by atoms with E-state index in [1.165, 1.54) is 37.3 Å². The van der Waals surface area contributed by atoms with Crippen LogP contribution in [0.2, 0.25) is 0 Å². The summed E-state index contributed by atoms with van der Waals surface area (Å²) in [7, 11) is 0. The second-order valence-electron chi connectivity index (χ2n) is 10.5. The Morgan fingerprint density at radius 3 is 2.51 bits per heavy atom. The molecule has 0 unspecified atom stereocenters. The summed E-state index contributed by atoms with van der Waals surface area (Å²) in [6.45, 7) is 10.1. The molecule has 0 amide bonds. The van der Waals surface area contributed by atoms with Crippen LogP contribution in [0.3, 0.4) is 0 Å². The molecule has 0 atom stereocenters. The zero-order valence-corrected chi connectivity index (χ0v) is 22.1. The lowest BCUT2D eigenvalue weighted by Crippen LogP contribution is -2.14. The second-order valence-corrected chi connectivity index (χ2v) is 10.5. The molecule has 4 aromatic rings. The maximum atomic E-state index is 15.0. The van der Waals surface area contributed by atoms with Crippen molar-refractivity contribution in [1.29, 1.82) is 0 Å². The summed E-state index contributed by atoms with van der Waals surface area (Å²) >= 11 is 0. The average molecular weight is 504 g/mol. The molecule has 0 spiro atoms. The fourth-order valence-corrected chi connectivity index (χ4v) is 5.36. The highest BCUT2D eigenvalue weighted by Crippen LogP contribution is 2.33. The number of benzene rings is 1. The first-order valence-corrected chi connectivity index (χ1v) is 13.0. The van der Waals surface area contributed by atoms with Crippen LogP contribution in [0.15, 0.2) is 30.5 Å². The van der Waals surface area contributed by atoms with E-state index >= 15 is 0 Å². The van der Waals surface area contributed by atoms with Gasteiger partial charge in [-0.05, 0) is 63.8 Å². The number of pyridine rings is 1. The van der Waals surface area contributed by atoms with Gasteiger partial charge in [-0.15, -0.1) is 0 Å². The Kier molecular flexibility index (Phi) is 6.92. The van der Waals surface area contributed by atoms with Gasteiger partial charge in [0.05, 0.1) is 11.7 Å². The number of hydrogen-bond donors (Lipinski definition) is 1. The minimum Gasteiger partial charge on any atom is -0.326 e. The van der Waals surface area contributed by atoms with Gasteiger partial charge in [0.25, 0.3) is 0 Å². The van der Waals surface area contributed by atoms with E-state index in [9.17, 15) is 8.78 Å². The summed E-state index contributed by atoms with van der Waals surface area (Å²) in [6.07, 6.45) is 7.04. The molecule has 3 aromatic heterocycles. The number of nitrogens with one attached hydrogen (secondary N) is 1. The number of nitrogens with zero attached hydrogens (tertiary/aromatic N) is 5. The lowest BCUT2D eigenvalue weighted by atomic mass is 9.80. The van der Waals surface area contributed by atoms with Crippen molar-refractivity contribution in [3.05, 3.63) is 65.1 Å². The molecule has 0 saturated heterocycles. The molecule has 1 aliphatic rings. The molecular formula is C29H33F2N6-. The van der Waals surface area contributed by atoms with Crippen LogP contribution < -0.4 is 5.32 Å². The summed E-state index contributed by atoms with van der Waals surface area (Å²) < 4.78 is 31.7. The quantitative estimate of drug-likeness (QED) is 0.277. The number of aryl methyl sites for hydroxylation is 2. The molecule has 1 saturated carbocycles. The Hall–Kier alpha value is -3.42. The van der Waals surface area contributed by atoms with Crippen molar-refractivity contribution in [2.75, 3.05) is 5.32 Å². The van der Waals surface area contributed by atoms with Crippen molar-refractivity contribution < 1.29 is 8.78 Å². The third-order valence-electron chi connectivity index (χ3n) is 7.36. The largest absolute Gasteiger partial charge is 0.326 e. The molecule has 0 radical (unpaired) electrons. The van der Waals surface area contributed by atoms with Gasteiger partial charge in [0.1, 0.15) is 22.9 Å². The Labute approximate surface area is 216 Å². The van der Waals surface area contributed by atoms with E-state index in [0.29, 0.717) is 28.6 Å². The van der Waals surface area contributed by atoms with E-state index in [2.05, 4.69) is 33.3 Å². The molecular weight excluding hydrogens is 470 g/mol. The van der Waals surface area contributed by atoms with Crippen molar-refractivity contribution in [3.63, 3.8) is 0 Å². The zero-order valence-electron chi connectivity index (χ0n) is 22.1. The number of anilines is 2. The molecule has 8 heteroatoms. The van der Waals surface area contributed by atoms with Gasteiger partial charge < -0.3 is 15.8 Å². The fraction of sp³-hybridized carbons (Fsp3) is 0.414. The van der Waals surface area contributed by atoms with Crippen molar-refractivity contribution in [2.45, 2.75) is 72.8 Å². The Morgan fingerprint density at radius 1 is 1.05 bits per heavy atom. The molecule has 3 heterocycles. The number of hydrogen-bond acceptors (Lipinski definition) is 5. The van der Waals surface area contributed by atoms with Gasteiger partial charge in [-0.2, -0.15) is 19.8 Å². The van der Waals surface area contributed by atoms with Crippen molar-refractivity contribution in [1.82, 2.24) is 24.5 Å².